The number of hydrogen-bond acceptors (Lipinski definition) is 4. The number of phenolic OH excluding ortho intramolecular Hbond substituents is 1. The molecule has 4 rings (SSSR count). The Labute approximate surface area is 126 Å². The van der Waals surface area contributed by atoms with Crippen LogP contribution in [0.5, 0.6) is 5.75 Å². The van der Waals surface area contributed by atoms with Crippen LogP contribution in [0.25, 0.3) is 22.3 Å². The van der Waals surface area contributed by atoms with Gasteiger partial charge in [-0.2, -0.15) is 5.10 Å². The van der Waals surface area contributed by atoms with Gasteiger partial charge in [0.05, 0.1) is 11.3 Å². The Hall–Kier alpha value is -2.89. The van der Waals surface area contributed by atoms with Crippen molar-refractivity contribution in [2.75, 3.05) is 6.54 Å². The van der Waals surface area contributed by atoms with Crippen LogP contribution in [0, 0.1) is 6.92 Å². The number of aromatic amines is 1. The lowest BCUT2D eigenvalue weighted by molar-refractivity contribution is 0.0947. The monoisotopic (exact) mass is 294 g/mol. The molecule has 0 bridgehead atoms. The molecule has 1 aliphatic heterocycles. The first-order valence-corrected chi connectivity index (χ1v) is 7.10. The first-order valence-electron chi connectivity index (χ1n) is 7.10. The van der Waals surface area contributed by atoms with Gasteiger partial charge in [-0.05, 0) is 43.2 Å². The molecule has 6 nitrogen and oxygen atoms in total. The maximum absolute atomic E-state index is 12.4. The first kappa shape index (κ1) is 12.8. The van der Waals surface area contributed by atoms with Gasteiger partial charge < -0.3 is 10.4 Å². The van der Waals surface area contributed by atoms with E-state index in [4.69, 9.17) is 0 Å². The minimum atomic E-state index is -0.112. The summed E-state index contributed by atoms with van der Waals surface area (Å²) in [6.45, 7) is 2.55. The topological polar surface area (TPSA) is 90.9 Å². The number of carbonyl (C=O) groups is 1. The summed E-state index contributed by atoms with van der Waals surface area (Å²) in [6.07, 6.45) is 0.756. The average molecular weight is 294 g/mol. The molecular weight excluding hydrogens is 280 g/mol. The van der Waals surface area contributed by atoms with Gasteiger partial charge in [-0.1, -0.05) is 0 Å². The summed E-state index contributed by atoms with van der Waals surface area (Å²) in [4.78, 5) is 17.0. The van der Waals surface area contributed by atoms with Crippen molar-refractivity contribution in [3.05, 3.63) is 41.1 Å². The second kappa shape index (κ2) is 4.56. The summed E-state index contributed by atoms with van der Waals surface area (Å²) >= 11 is 0. The van der Waals surface area contributed by atoms with Crippen molar-refractivity contribution in [1.82, 2.24) is 20.5 Å². The highest BCUT2D eigenvalue weighted by Gasteiger charge is 2.26. The molecule has 0 saturated heterocycles. The third-order valence-corrected chi connectivity index (χ3v) is 4.01. The molecule has 3 heterocycles. The van der Waals surface area contributed by atoms with Crippen molar-refractivity contribution in [3.63, 3.8) is 0 Å². The van der Waals surface area contributed by atoms with Gasteiger partial charge in [0.1, 0.15) is 5.75 Å². The number of pyridine rings is 1. The van der Waals surface area contributed by atoms with Crippen molar-refractivity contribution in [2.45, 2.75) is 13.3 Å². The molecule has 3 aromatic rings. The summed E-state index contributed by atoms with van der Waals surface area (Å²) in [6, 6.07) is 6.69. The van der Waals surface area contributed by atoms with Crippen LogP contribution in [0.4, 0.5) is 0 Å². The number of aromatic hydroxyl groups is 1. The van der Waals surface area contributed by atoms with Gasteiger partial charge in [0.25, 0.3) is 5.91 Å². The number of hydrogen-bond donors (Lipinski definition) is 3. The van der Waals surface area contributed by atoms with Gasteiger partial charge in [0, 0.05) is 23.2 Å². The molecule has 1 amide bonds. The van der Waals surface area contributed by atoms with Crippen LogP contribution < -0.4 is 5.32 Å². The number of carbonyl (C=O) groups excluding carboxylic acids is 1. The number of fused-ring (bicyclic) bond motifs is 3. The number of amides is 1. The molecule has 3 N–H and O–H groups in total. The lowest BCUT2D eigenvalue weighted by Crippen LogP contribution is -2.33. The molecule has 110 valence electrons. The Balaban J connectivity index is 2.08. The number of aromatic nitrogens is 3. The van der Waals surface area contributed by atoms with Crippen LogP contribution in [0.3, 0.4) is 0 Å². The molecule has 0 spiro atoms. The molecule has 1 aliphatic rings. The summed E-state index contributed by atoms with van der Waals surface area (Å²) in [5.74, 6) is 0.0677. The Morgan fingerprint density at radius 2 is 2.00 bits per heavy atom. The third-order valence-electron chi connectivity index (χ3n) is 4.01. The van der Waals surface area contributed by atoms with E-state index >= 15 is 0 Å². The standard InChI is InChI=1S/C16H14N4O2/c1-8-12-11-6-7-17-16(22)13(11)14(18-15(12)20-19-8)9-2-4-10(21)5-3-9/h2-5,21H,6-7H2,1H3,(H,17,22)(H,18,19,20). The number of H-pyrrole nitrogens is 1. The molecule has 2 aromatic heterocycles. The van der Waals surface area contributed by atoms with Crippen LogP contribution in [0.1, 0.15) is 21.6 Å². The van der Waals surface area contributed by atoms with E-state index in [1.165, 1.54) is 0 Å². The minimum Gasteiger partial charge on any atom is -0.508 e. The fourth-order valence-corrected chi connectivity index (χ4v) is 3.00. The van der Waals surface area contributed by atoms with E-state index in [0.29, 0.717) is 23.4 Å². The Morgan fingerprint density at radius 3 is 2.77 bits per heavy atom. The Kier molecular flexibility index (Phi) is 2.66. The zero-order valence-corrected chi connectivity index (χ0v) is 12.0. The number of rotatable bonds is 1. The van der Waals surface area contributed by atoms with Crippen LogP contribution >= 0.6 is 0 Å². The first-order chi connectivity index (χ1) is 10.6. The highest BCUT2D eigenvalue weighted by Crippen LogP contribution is 2.33. The van der Waals surface area contributed by atoms with Gasteiger partial charge in [0.15, 0.2) is 5.65 Å². The molecule has 0 aliphatic carbocycles. The molecule has 0 unspecified atom stereocenters. The van der Waals surface area contributed by atoms with Gasteiger partial charge in [-0.3, -0.25) is 9.89 Å². The predicted molar refractivity (Wildman–Crippen MR) is 81.8 cm³/mol. The molecular formula is C16H14N4O2. The maximum atomic E-state index is 12.4. The second-order valence-corrected chi connectivity index (χ2v) is 5.41. The zero-order valence-electron chi connectivity index (χ0n) is 12.0. The van der Waals surface area contributed by atoms with Crippen molar-refractivity contribution < 1.29 is 9.90 Å². The largest absolute Gasteiger partial charge is 0.508 e. The van der Waals surface area contributed by atoms with Gasteiger partial charge >= 0.3 is 0 Å². The van der Waals surface area contributed by atoms with Gasteiger partial charge in [-0.25, -0.2) is 4.98 Å². The number of nitrogens with one attached hydrogen (secondary N) is 2. The van der Waals surface area contributed by atoms with E-state index in [1.807, 2.05) is 6.92 Å². The molecule has 1 aromatic carbocycles. The van der Waals surface area contributed by atoms with Crippen LogP contribution in [-0.2, 0) is 6.42 Å². The molecule has 0 fully saturated rings. The summed E-state index contributed by atoms with van der Waals surface area (Å²) in [5.41, 5.74) is 4.52. The van der Waals surface area contributed by atoms with Gasteiger partial charge in [-0.15, -0.1) is 0 Å². The van der Waals surface area contributed by atoms with Crippen LogP contribution in [-0.4, -0.2) is 32.7 Å². The number of nitrogens with zero attached hydrogens (tertiary/aromatic N) is 2. The molecule has 6 heteroatoms. The van der Waals surface area contributed by atoms with E-state index in [-0.39, 0.29) is 11.7 Å². The minimum absolute atomic E-state index is 0.112. The highest BCUT2D eigenvalue weighted by atomic mass is 16.3. The highest BCUT2D eigenvalue weighted by molar-refractivity contribution is 6.06. The summed E-state index contributed by atoms with van der Waals surface area (Å²) < 4.78 is 0. The van der Waals surface area contributed by atoms with Crippen molar-refractivity contribution in [2.24, 2.45) is 0 Å². The van der Waals surface area contributed by atoms with Crippen LogP contribution in [0.15, 0.2) is 24.3 Å². The van der Waals surface area contributed by atoms with Crippen molar-refractivity contribution in [1.29, 1.82) is 0 Å². The molecule has 0 radical (unpaired) electrons. The summed E-state index contributed by atoms with van der Waals surface area (Å²) in [7, 11) is 0. The van der Waals surface area contributed by atoms with E-state index in [1.54, 1.807) is 24.3 Å². The SMILES string of the molecule is Cc1[nH]nc2nc(-c3ccc(O)cc3)c3c(c12)CCNC3=O. The van der Waals surface area contributed by atoms with Crippen molar-refractivity contribution in [3.8, 4) is 17.0 Å². The van der Waals surface area contributed by atoms with E-state index in [0.717, 1.165) is 28.6 Å². The Morgan fingerprint density at radius 1 is 1.23 bits per heavy atom. The normalized spacial score (nSPS) is 14.0. The predicted octanol–water partition coefficient (Wildman–Crippen LogP) is 1.92. The van der Waals surface area contributed by atoms with Crippen molar-refractivity contribution >= 4 is 16.9 Å². The number of aryl methyl sites for hydroxylation is 1. The lowest BCUT2D eigenvalue weighted by Gasteiger charge is -2.20. The van der Waals surface area contributed by atoms with Gasteiger partial charge in [0.2, 0.25) is 0 Å². The fourth-order valence-electron chi connectivity index (χ4n) is 3.00. The molecule has 0 atom stereocenters. The van der Waals surface area contributed by atoms with E-state index < -0.39 is 0 Å². The van der Waals surface area contributed by atoms with Crippen LogP contribution in [0.2, 0.25) is 0 Å². The fraction of sp³-hybridized carbons (Fsp3) is 0.188. The van der Waals surface area contributed by atoms with E-state index in [9.17, 15) is 9.90 Å². The number of phenols is 1. The Bertz CT molecular complexity index is 897. The smallest absolute Gasteiger partial charge is 0.253 e. The third kappa shape index (κ3) is 1.77. The molecule has 22 heavy (non-hydrogen) atoms. The second-order valence-electron chi connectivity index (χ2n) is 5.41. The number of benzene rings is 1. The van der Waals surface area contributed by atoms with E-state index in [2.05, 4.69) is 20.5 Å². The molecule has 0 saturated carbocycles. The maximum Gasteiger partial charge on any atom is 0.253 e. The quantitative estimate of drug-likeness (QED) is 0.639. The lowest BCUT2D eigenvalue weighted by atomic mass is 9.93. The average Bonchev–Trinajstić information content (AvgIpc) is 2.89. The summed E-state index contributed by atoms with van der Waals surface area (Å²) in [5, 5.41) is 20.4. The zero-order chi connectivity index (χ0) is 15.3.